The van der Waals surface area contributed by atoms with Gasteiger partial charge < -0.3 is 5.32 Å². The third-order valence-corrected chi connectivity index (χ3v) is 4.74. The van der Waals surface area contributed by atoms with Crippen molar-refractivity contribution in [1.29, 1.82) is 0 Å². The maximum atomic E-state index is 12.2. The number of hydrogen-bond acceptors (Lipinski definition) is 4. The Hall–Kier alpha value is -2.47. The molecule has 2 heterocycles. The molecule has 2 aromatic rings. The molecule has 1 fully saturated rings. The highest BCUT2D eigenvalue weighted by molar-refractivity contribution is 5.91. The number of hydrogen-bond donors (Lipinski definition) is 2. The average Bonchev–Trinajstić information content (AvgIpc) is 2.63. The normalized spacial score (nSPS) is 15.9. The summed E-state index contributed by atoms with van der Waals surface area (Å²) in [5, 5.41) is 8.91. The van der Waals surface area contributed by atoms with Crippen molar-refractivity contribution >= 4 is 5.91 Å². The number of likely N-dealkylation sites (tertiary alicyclic amines) is 1. The zero-order valence-electron chi connectivity index (χ0n) is 14.5. The van der Waals surface area contributed by atoms with E-state index in [-0.39, 0.29) is 17.2 Å². The Balaban J connectivity index is 1.61. The van der Waals surface area contributed by atoms with Crippen LogP contribution in [0.15, 0.2) is 41.2 Å². The molecule has 6 nitrogen and oxygen atoms in total. The highest BCUT2D eigenvalue weighted by atomic mass is 16.2. The number of benzene rings is 1. The molecule has 0 saturated carbocycles. The van der Waals surface area contributed by atoms with Crippen molar-refractivity contribution < 1.29 is 4.79 Å². The van der Waals surface area contributed by atoms with Crippen LogP contribution in [0.2, 0.25) is 0 Å². The number of nitrogens with one attached hydrogen (secondary N) is 2. The maximum absolute atomic E-state index is 12.2. The lowest BCUT2D eigenvalue weighted by atomic mass is 9.98. The topological polar surface area (TPSA) is 78.1 Å². The van der Waals surface area contributed by atoms with E-state index in [0.29, 0.717) is 6.54 Å². The van der Waals surface area contributed by atoms with Crippen molar-refractivity contribution in [3.8, 4) is 0 Å². The minimum absolute atomic E-state index is 0.210. The quantitative estimate of drug-likeness (QED) is 0.872. The van der Waals surface area contributed by atoms with Gasteiger partial charge in [-0.05, 0) is 49.0 Å². The minimum atomic E-state index is -0.322. The zero-order valence-corrected chi connectivity index (χ0v) is 14.5. The van der Waals surface area contributed by atoms with Crippen LogP contribution in [-0.2, 0) is 13.1 Å². The monoisotopic (exact) mass is 340 g/mol. The van der Waals surface area contributed by atoms with E-state index in [1.165, 1.54) is 30.5 Å². The first kappa shape index (κ1) is 17.4. The van der Waals surface area contributed by atoms with Gasteiger partial charge in [0.2, 0.25) is 0 Å². The van der Waals surface area contributed by atoms with E-state index in [1.54, 1.807) is 0 Å². The fraction of sp³-hybridized carbons (Fsp3) is 0.421. The van der Waals surface area contributed by atoms with Gasteiger partial charge in [0.25, 0.3) is 11.5 Å². The van der Waals surface area contributed by atoms with Gasteiger partial charge in [-0.25, -0.2) is 5.10 Å². The first-order valence-electron chi connectivity index (χ1n) is 8.75. The lowest BCUT2D eigenvalue weighted by Gasteiger charge is -2.30. The van der Waals surface area contributed by atoms with Crippen LogP contribution < -0.4 is 10.9 Å². The predicted molar refractivity (Wildman–Crippen MR) is 96.1 cm³/mol. The van der Waals surface area contributed by atoms with Crippen molar-refractivity contribution in [1.82, 2.24) is 20.4 Å². The first-order valence-corrected chi connectivity index (χ1v) is 8.75. The lowest BCUT2D eigenvalue weighted by molar-refractivity contribution is 0.0944. The summed E-state index contributed by atoms with van der Waals surface area (Å²) in [5.41, 5.74) is 2.24. The number of rotatable bonds is 5. The molecule has 1 saturated heterocycles. The Kier molecular flexibility index (Phi) is 5.60. The van der Waals surface area contributed by atoms with Crippen LogP contribution in [0.25, 0.3) is 0 Å². The molecule has 0 spiro atoms. The zero-order chi connectivity index (χ0) is 17.6. The van der Waals surface area contributed by atoms with Gasteiger partial charge in [-0.3, -0.25) is 14.5 Å². The molecule has 1 aliphatic heterocycles. The average molecular weight is 340 g/mol. The Morgan fingerprint density at radius 1 is 1.20 bits per heavy atom. The van der Waals surface area contributed by atoms with Crippen LogP contribution in [0.5, 0.6) is 0 Å². The molecule has 3 rings (SSSR count). The number of amides is 1. The summed E-state index contributed by atoms with van der Waals surface area (Å²) in [4.78, 5) is 25.7. The van der Waals surface area contributed by atoms with Crippen LogP contribution in [0.1, 0.15) is 41.4 Å². The second-order valence-electron chi connectivity index (χ2n) is 6.72. The van der Waals surface area contributed by atoms with Crippen LogP contribution in [0.3, 0.4) is 0 Å². The Labute approximate surface area is 147 Å². The molecule has 0 atom stereocenters. The maximum Gasteiger partial charge on any atom is 0.271 e. The fourth-order valence-corrected chi connectivity index (χ4v) is 3.08. The van der Waals surface area contributed by atoms with Crippen LogP contribution in [0, 0.1) is 5.92 Å². The second-order valence-corrected chi connectivity index (χ2v) is 6.72. The van der Waals surface area contributed by atoms with Crippen LogP contribution in [0.4, 0.5) is 0 Å². The van der Waals surface area contributed by atoms with Crippen LogP contribution >= 0.6 is 0 Å². The number of aromatic nitrogens is 2. The summed E-state index contributed by atoms with van der Waals surface area (Å²) >= 11 is 0. The fourth-order valence-electron chi connectivity index (χ4n) is 3.08. The standard InChI is InChI=1S/C19H24N4O2/c1-14-8-10-23(11-9-14)13-16-5-3-2-4-15(16)12-20-19(25)17-6-7-18(24)22-21-17/h2-7,14H,8-13H2,1H3,(H,20,25)(H,22,24). The van der Waals surface area contributed by atoms with E-state index in [0.717, 1.165) is 31.1 Å². The number of piperidine rings is 1. The van der Waals surface area contributed by atoms with Crippen LogP contribution in [-0.4, -0.2) is 34.1 Å². The molecule has 25 heavy (non-hydrogen) atoms. The molecule has 0 unspecified atom stereocenters. The number of aromatic amines is 1. The summed E-state index contributed by atoms with van der Waals surface area (Å²) in [6.07, 6.45) is 2.49. The SMILES string of the molecule is CC1CCN(Cc2ccccc2CNC(=O)c2ccc(=O)[nH]n2)CC1. The van der Waals surface area contributed by atoms with Crippen molar-refractivity contribution in [3.63, 3.8) is 0 Å². The van der Waals surface area contributed by atoms with E-state index >= 15 is 0 Å². The molecule has 6 heteroatoms. The van der Waals surface area contributed by atoms with Gasteiger partial charge >= 0.3 is 0 Å². The number of carbonyl (C=O) groups is 1. The highest BCUT2D eigenvalue weighted by Gasteiger charge is 2.17. The van der Waals surface area contributed by atoms with E-state index in [9.17, 15) is 9.59 Å². The Morgan fingerprint density at radius 2 is 1.92 bits per heavy atom. The van der Waals surface area contributed by atoms with Gasteiger partial charge in [0, 0.05) is 19.2 Å². The van der Waals surface area contributed by atoms with Crippen molar-refractivity contribution in [3.05, 3.63) is 63.6 Å². The molecule has 1 aromatic heterocycles. The molecule has 0 bridgehead atoms. The molecule has 1 aliphatic rings. The van der Waals surface area contributed by atoms with Gasteiger partial charge in [0.1, 0.15) is 5.69 Å². The van der Waals surface area contributed by atoms with E-state index < -0.39 is 0 Å². The lowest BCUT2D eigenvalue weighted by Crippen LogP contribution is -2.33. The molecule has 1 aromatic carbocycles. The van der Waals surface area contributed by atoms with Gasteiger partial charge in [-0.1, -0.05) is 31.2 Å². The summed E-state index contributed by atoms with van der Waals surface area (Å²) in [7, 11) is 0. The summed E-state index contributed by atoms with van der Waals surface area (Å²) in [6.45, 7) is 5.92. The summed E-state index contributed by atoms with van der Waals surface area (Å²) in [5.74, 6) is 0.522. The van der Waals surface area contributed by atoms with E-state index in [1.807, 2.05) is 18.2 Å². The third-order valence-electron chi connectivity index (χ3n) is 4.74. The predicted octanol–water partition coefficient (Wildman–Crippen LogP) is 1.93. The van der Waals surface area contributed by atoms with Gasteiger partial charge in [-0.2, -0.15) is 5.10 Å². The van der Waals surface area contributed by atoms with Crippen molar-refractivity contribution in [2.24, 2.45) is 5.92 Å². The van der Waals surface area contributed by atoms with Gasteiger partial charge in [0.15, 0.2) is 0 Å². The number of carbonyl (C=O) groups excluding carboxylic acids is 1. The molecular formula is C19H24N4O2. The largest absolute Gasteiger partial charge is 0.347 e. The van der Waals surface area contributed by atoms with Crippen molar-refractivity contribution in [2.75, 3.05) is 13.1 Å². The van der Waals surface area contributed by atoms with E-state index in [4.69, 9.17) is 0 Å². The summed E-state index contributed by atoms with van der Waals surface area (Å²) in [6, 6.07) is 10.9. The second kappa shape index (κ2) is 8.07. The summed E-state index contributed by atoms with van der Waals surface area (Å²) < 4.78 is 0. The Bertz CT molecular complexity index is 758. The molecular weight excluding hydrogens is 316 g/mol. The molecule has 1 amide bonds. The molecule has 132 valence electrons. The third kappa shape index (κ3) is 4.76. The minimum Gasteiger partial charge on any atom is -0.347 e. The number of H-pyrrole nitrogens is 1. The smallest absolute Gasteiger partial charge is 0.271 e. The molecule has 0 radical (unpaired) electrons. The highest BCUT2D eigenvalue weighted by Crippen LogP contribution is 2.19. The van der Waals surface area contributed by atoms with Gasteiger partial charge in [0.05, 0.1) is 0 Å². The Morgan fingerprint density at radius 3 is 2.60 bits per heavy atom. The van der Waals surface area contributed by atoms with Gasteiger partial charge in [-0.15, -0.1) is 0 Å². The molecule has 2 N–H and O–H groups in total. The molecule has 0 aliphatic carbocycles. The number of nitrogens with zero attached hydrogens (tertiary/aromatic N) is 2. The first-order chi connectivity index (χ1) is 12.1. The van der Waals surface area contributed by atoms with E-state index in [2.05, 4.69) is 33.4 Å². The van der Waals surface area contributed by atoms with Crippen molar-refractivity contribution in [2.45, 2.75) is 32.9 Å².